The fourth-order valence-electron chi connectivity index (χ4n) is 1.80. The van der Waals surface area contributed by atoms with Crippen LogP contribution in [0.25, 0.3) is 0 Å². The van der Waals surface area contributed by atoms with Crippen molar-refractivity contribution in [3.63, 3.8) is 0 Å². The van der Waals surface area contributed by atoms with E-state index in [0.29, 0.717) is 13.0 Å². The highest BCUT2D eigenvalue weighted by molar-refractivity contribution is 5.75. The first-order chi connectivity index (χ1) is 8.02. The van der Waals surface area contributed by atoms with Crippen LogP contribution in [0.1, 0.15) is 30.5 Å². The molecular weight excluding hydrogens is 212 g/mol. The third-order valence-corrected chi connectivity index (χ3v) is 2.94. The summed E-state index contributed by atoms with van der Waals surface area (Å²) in [6, 6.07) is 8.61. The van der Waals surface area contributed by atoms with Crippen LogP contribution in [0.15, 0.2) is 24.3 Å². The van der Waals surface area contributed by atoms with Crippen LogP contribution in [0.3, 0.4) is 0 Å². The molecule has 0 spiro atoms. The van der Waals surface area contributed by atoms with Gasteiger partial charge < -0.3 is 10.2 Å². The van der Waals surface area contributed by atoms with E-state index in [1.54, 1.807) is 19.0 Å². The van der Waals surface area contributed by atoms with E-state index < -0.39 is 0 Å². The maximum atomic E-state index is 11.4. The first kappa shape index (κ1) is 13.7. The predicted octanol–water partition coefficient (Wildman–Crippen LogP) is 2.12. The average molecular weight is 234 g/mol. The Morgan fingerprint density at radius 1 is 1.35 bits per heavy atom. The maximum Gasteiger partial charge on any atom is 0.223 e. The summed E-state index contributed by atoms with van der Waals surface area (Å²) >= 11 is 0. The Hall–Kier alpha value is -1.35. The number of hydrogen-bond acceptors (Lipinski definition) is 2. The van der Waals surface area contributed by atoms with Crippen molar-refractivity contribution in [2.45, 2.75) is 26.3 Å². The normalized spacial score (nSPS) is 12.2. The molecule has 1 aromatic carbocycles. The van der Waals surface area contributed by atoms with Crippen molar-refractivity contribution < 1.29 is 4.79 Å². The summed E-state index contributed by atoms with van der Waals surface area (Å²) < 4.78 is 0. The lowest BCUT2D eigenvalue weighted by atomic mass is 10.0. The minimum atomic E-state index is 0.162. The largest absolute Gasteiger partial charge is 0.349 e. The lowest BCUT2D eigenvalue weighted by molar-refractivity contribution is -0.128. The number of aryl methyl sites for hydroxylation is 1. The van der Waals surface area contributed by atoms with Gasteiger partial charge in [-0.3, -0.25) is 4.79 Å². The second-order valence-corrected chi connectivity index (χ2v) is 4.57. The highest BCUT2D eigenvalue weighted by Crippen LogP contribution is 2.16. The summed E-state index contributed by atoms with van der Waals surface area (Å²) in [5, 5.41) is 3.38. The highest BCUT2D eigenvalue weighted by atomic mass is 16.2. The molecule has 0 bridgehead atoms. The van der Waals surface area contributed by atoms with Gasteiger partial charge in [-0.1, -0.05) is 24.3 Å². The van der Waals surface area contributed by atoms with Crippen molar-refractivity contribution >= 4 is 5.91 Å². The minimum absolute atomic E-state index is 0.162. The van der Waals surface area contributed by atoms with Crippen LogP contribution in [0, 0.1) is 6.92 Å². The molecule has 94 valence electrons. The fraction of sp³-hybridized carbons (Fsp3) is 0.500. The van der Waals surface area contributed by atoms with Crippen molar-refractivity contribution in [1.29, 1.82) is 0 Å². The smallest absolute Gasteiger partial charge is 0.223 e. The van der Waals surface area contributed by atoms with E-state index in [1.165, 1.54) is 11.1 Å². The molecule has 0 saturated carbocycles. The van der Waals surface area contributed by atoms with Gasteiger partial charge in [-0.05, 0) is 25.0 Å². The molecule has 1 N–H and O–H groups in total. The Kier molecular flexibility index (Phi) is 5.16. The molecule has 3 nitrogen and oxygen atoms in total. The summed E-state index contributed by atoms with van der Waals surface area (Å²) in [5.41, 5.74) is 2.58. The molecule has 17 heavy (non-hydrogen) atoms. The van der Waals surface area contributed by atoms with Crippen molar-refractivity contribution in [3.05, 3.63) is 35.4 Å². The zero-order chi connectivity index (χ0) is 12.8. The van der Waals surface area contributed by atoms with Gasteiger partial charge in [0.15, 0.2) is 0 Å². The van der Waals surface area contributed by atoms with E-state index >= 15 is 0 Å². The SMILES string of the molecule is Cc1ccccc1C(C)NCCC(=O)N(C)C. The van der Waals surface area contributed by atoms with Crippen LogP contribution < -0.4 is 5.32 Å². The lowest BCUT2D eigenvalue weighted by Crippen LogP contribution is -2.28. The number of benzene rings is 1. The molecule has 1 atom stereocenters. The quantitative estimate of drug-likeness (QED) is 0.846. The summed E-state index contributed by atoms with van der Waals surface area (Å²) in [4.78, 5) is 13.0. The number of carbonyl (C=O) groups excluding carboxylic acids is 1. The van der Waals surface area contributed by atoms with Gasteiger partial charge in [0.2, 0.25) is 5.91 Å². The third-order valence-electron chi connectivity index (χ3n) is 2.94. The standard InChI is InChI=1S/C14H22N2O/c1-11-7-5-6-8-13(11)12(2)15-10-9-14(17)16(3)4/h5-8,12,15H,9-10H2,1-4H3. The average Bonchev–Trinajstić information content (AvgIpc) is 2.29. The van der Waals surface area contributed by atoms with E-state index in [1.807, 2.05) is 12.1 Å². The summed E-state index contributed by atoms with van der Waals surface area (Å²) in [6.07, 6.45) is 0.545. The van der Waals surface area contributed by atoms with Crippen LogP contribution in [0.5, 0.6) is 0 Å². The second-order valence-electron chi connectivity index (χ2n) is 4.57. The van der Waals surface area contributed by atoms with Gasteiger partial charge in [0.05, 0.1) is 0 Å². The first-order valence-electron chi connectivity index (χ1n) is 6.01. The summed E-state index contributed by atoms with van der Waals surface area (Å²) in [6.45, 7) is 4.95. The molecular formula is C14H22N2O. The topological polar surface area (TPSA) is 32.3 Å². The Labute approximate surface area is 104 Å². The minimum Gasteiger partial charge on any atom is -0.349 e. The molecule has 1 rings (SSSR count). The van der Waals surface area contributed by atoms with Crippen LogP contribution in [0.2, 0.25) is 0 Å². The number of carbonyl (C=O) groups is 1. The lowest BCUT2D eigenvalue weighted by Gasteiger charge is -2.17. The van der Waals surface area contributed by atoms with Gasteiger partial charge in [-0.25, -0.2) is 0 Å². The molecule has 0 fully saturated rings. The predicted molar refractivity (Wildman–Crippen MR) is 70.9 cm³/mol. The zero-order valence-corrected chi connectivity index (χ0v) is 11.2. The number of rotatable bonds is 5. The van der Waals surface area contributed by atoms with E-state index in [2.05, 4.69) is 31.3 Å². The van der Waals surface area contributed by atoms with Gasteiger partial charge in [0.25, 0.3) is 0 Å². The van der Waals surface area contributed by atoms with Crippen LogP contribution >= 0.6 is 0 Å². The highest BCUT2D eigenvalue weighted by Gasteiger charge is 2.08. The van der Waals surface area contributed by atoms with Crippen molar-refractivity contribution in [2.24, 2.45) is 0 Å². The fourth-order valence-corrected chi connectivity index (χ4v) is 1.80. The molecule has 1 amide bonds. The number of hydrogen-bond donors (Lipinski definition) is 1. The molecule has 0 aliphatic heterocycles. The molecule has 3 heteroatoms. The van der Waals surface area contributed by atoms with Gasteiger partial charge in [-0.15, -0.1) is 0 Å². The number of amides is 1. The molecule has 1 aromatic rings. The first-order valence-corrected chi connectivity index (χ1v) is 6.01. The van der Waals surface area contributed by atoms with E-state index in [0.717, 1.165) is 0 Å². The van der Waals surface area contributed by atoms with Gasteiger partial charge >= 0.3 is 0 Å². The molecule has 0 saturated heterocycles. The van der Waals surface area contributed by atoms with E-state index in [-0.39, 0.29) is 11.9 Å². The molecule has 0 radical (unpaired) electrons. The Balaban J connectivity index is 2.43. The molecule has 0 aromatic heterocycles. The molecule has 1 unspecified atom stereocenters. The molecule has 0 aliphatic rings. The van der Waals surface area contributed by atoms with Crippen LogP contribution in [0.4, 0.5) is 0 Å². The monoisotopic (exact) mass is 234 g/mol. The van der Waals surface area contributed by atoms with Gasteiger partial charge in [-0.2, -0.15) is 0 Å². The van der Waals surface area contributed by atoms with Crippen molar-refractivity contribution in [1.82, 2.24) is 10.2 Å². The maximum absolute atomic E-state index is 11.4. The Morgan fingerprint density at radius 3 is 2.59 bits per heavy atom. The van der Waals surface area contributed by atoms with Gasteiger partial charge in [0.1, 0.15) is 0 Å². The van der Waals surface area contributed by atoms with Crippen LogP contribution in [-0.4, -0.2) is 31.4 Å². The second kappa shape index (κ2) is 6.40. The summed E-state index contributed by atoms with van der Waals surface area (Å²) in [5.74, 6) is 0.162. The Bertz CT molecular complexity index is 374. The summed E-state index contributed by atoms with van der Waals surface area (Å²) in [7, 11) is 3.57. The number of nitrogens with one attached hydrogen (secondary N) is 1. The van der Waals surface area contributed by atoms with Crippen molar-refractivity contribution in [3.8, 4) is 0 Å². The van der Waals surface area contributed by atoms with Crippen LogP contribution in [-0.2, 0) is 4.79 Å². The zero-order valence-electron chi connectivity index (χ0n) is 11.2. The molecule has 0 aliphatic carbocycles. The Morgan fingerprint density at radius 2 is 2.00 bits per heavy atom. The van der Waals surface area contributed by atoms with E-state index in [9.17, 15) is 4.79 Å². The van der Waals surface area contributed by atoms with E-state index in [4.69, 9.17) is 0 Å². The number of nitrogens with zero attached hydrogens (tertiary/aromatic N) is 1. The molecule has 0 heterocycles. The van der Waals surface area contributed by atoms with Crippen molar-refractivity contribution in [2.75, 3.05) is 20.6 Å². The third kappa shape index (κ3) is 4.19. The van der Waals surface area contributed by atoms with Gasteiger partial charge in [0, 0.05) is 33.1 Å².